The monoisotopic (exact) mass is 162 g/mol. The average molecular weight is 162 g/mol. The van der Waals surface area contributed by atoms with Gasteiger partial charge in [-0.3, -0.25) is 0 Å². The Kier molecular flexibility index (Phi) is 5.05. The summed E-state index contributed by atoms with van der Waals surface area (Å²) in [5.41, 5.74) is 0. The van der Waals surface area contributed by atoms with E-state index in [1.807, 2.05) is 0 Å². The number of allylic oxidation sites excluding steroid dienone is 1. The molecule has 2 heteroatoms. The van der Waals surface area contributed by atoms with Crippen molar-refractivity contribution in [3.63, 3.8) is 0 Å². The molecule has 0 radical (unpaired) electrons. The van der Waals surface area contributed by atoms with Crippen molar-refractivity contribution in [1.82, 2.24) is 0 Å². The first-order chi connectivity index (χ1) is 5.72. The summed E-state index contributed by atoms with van der Waals surface area (Å²) in [4.78, 5) is 0. The van der Waals surface area contributed by atoms with Gasteiger partial charge in [0.05, 0.1) is 7.11 Å². The Hall–Kier alpha value is -1.80. The van der Waals surface area contributed by atoms with E-state index in [9.17, 15) is 0 Å². The number of aliphatic hydroxyl groups is 1. The van der Waals surface area contributed by atoms with Crippen molar-refractivity contribution in [2.75, 3.05) is 7.11 Å². The zero-order valence-corrected chi connectivity index (χ0v) is 7.14. The van der Waals surface area contributed by atoms with Crippen LogP contribution in [-0.2, 0) is 4.74 Å². The fourth-order valence-corrected chi connectivity index (χ4v) is 0.460. The minimum atomic E-state index is -0.142. The predicted molar refractivity (Wildman–Crippen MR) is 48.1 cm³/mol. The molecule has 0 saturated carbocycles. The molecule has 0 aromatic heterocycles. The summed E-state index contributed by atoms with van der Waals surface area (Å²) in [6.07, 6.45) is 1.41. The van der Waals surface area contributed by atoms with Crippen LogP contribution in [0.5, 0.6) is 0 Å². The van der Waals surface area contributed by atoms with Crippen molar-refractivity contribution in [3.8, 4) is 23.7 Å². The molecule has 0 atom stereocenters. The number of methoxy groups -OCH3 is 1. The number of hydrogen-bond acceptors (Lipinski definition) is 2. The lowest BCUT2D eigenvalue weighted by atomic mass is 10.4. The summed E-state index contributed by atoms with van der Waals surface area (Å²) >= 11 is 0. The number of rotatable bonds is 2. The lowest BCUT2D eigenvalue weighted by Gasteiger charge is -1.99. The van der Waals surface area contributed by atoms with Crippen molar-refractivity contribution in [2.24, 2.45) is 0 Å². The minimum Gasteiger partial charge on any atom is -0.505 e. The quantitative estimate of drug-likeness (QED) is 0.380. The first kappa shape index (κ1) is 10.2. The summed E-state index contributed by atoms with van der Waals surface area (Å²) in [6, 6.07) is 0. The van der Waals surface area contributed by atoms with E-state index in [0.29, 0.717) is 0 Å². The molecule has 0 rings (SSSR count). The van der Waals surface area contributed by atoms with E-state index >= 15 is 0 Å². The zero-order valence-electron chi connectivity index (χ0n) is 7.14. The molecule has 0 heterocycles. The molecular formula is C10H10O2. The van der Waals surface area contributed by atoms with Crippen LogP contribution in [0.15, 0.2) is 24.2 Å². The molecule has 0 aromatic rings. The largest absolute Gasteiger partial charge is 0.505 e. The fraction of sp³-hybridized carbons (Fsp3) is 0.200. The van der Waals surface area contributed by atoms with Gasteiger partial charge in [-0.2, -0.15) is 0 Å². The van der Waals surface area contributed by atoms with Crippen molar-refractivity contribution < 1.29 is 9.84 Å². The molecule has 0 aliphatic heterocycles. The Balaban J connectivity index is 4.41. The normalized spacial score (nSPS) is 8.67. The lowest BCUT2D eigenvalue weighted by Crippen LogP contribution is -1.88. The molecule has 0 spiro atoms. The van der Waals surface area contributed by atoms with Gasteiger partial charge in [-0.15, -0.1) is 0 Å². The maximum absolute atomic E-state index is 8.88. The van der Waals surface area contributed by atoms with Crippen LogP contribution in [0.25, 0.3) is 0 Å². The van der Waals surface area contributed by atoms with Crippen LogP contribution in [0.3, 0.4) is 0 Å². The van der Waals surface area contributed by atoms with E-state index in [0.717, 1.165) is 0 Å². The molecule has 0 fully saturated rings. The van der Waals surface area contributed by atoms with Crippen molar-refractivity contribution in [2.45, 2.75) is 6.92 Å². The minimum absolute atomic E-state index is 0.142. The van der Waals surface area contributed by atoms with E-state index < -0.39 is 0 Å². The van der Waals surface area contributed by atoms with Crippen LogP contribution in [0, 0.1) is 23.7 Å². The summed E-state index contributed by atoms with van der Waals surface area (Å²) < 4.78 is 4.75. The average Bonchev–Trinajstić information content (AvgIpc) is 2.04. The van der Waals surface area contributed by atoms with Gasteiger partial charge in [-0.05, 0) is 18.8 Å². The molecule has 1 N–H and O–H groups in total. The standard InChI is InChI=1S/C10H10O2/c1-4-5-6-7-8-10(12-3)9(2)11/h8,11H,2H2,1,3H3/b10-8-. The molecule has 0 amide bonds. The third-order valence-electron chi connectivity index (χ3n) is 0.967. The first-order valence-electron chi connectivity index (χ1n) is 3.27. The van der Waals surface area contributed by atoms with Gasteiger partial charge < -0.3 is 9.84 Å². The topological polar surface area (TPSA) is 29.5 Å². The second-order valence-electron chi connectivity index (χ2n) is 1.80. The van der Waals surface area contributed by atoms with Crippen molar-refractivity contribution in [3.05, 3.63) is 24.2 Å². The van der Waals surface area contributed by atoms with Crippen molar-refractivity contribution >= 4 is 0 Å². The molecule has 0 bridgehead atoms. The van der Waals surface area contributed by atoms with Gasteiger partial charge in [0.25, 0.3) is 0 Å². The van der Waals surface area contributed by atoms with Gasteiger partial charge >= 0.3 is 0 Å². The number of aliphatic hydroxyl groups excluding tert-OH is 1. The SMILES string of the molecule is C=C(O)/C(=C/C#CC#CC)OC. The van der Waals surface area contributed by atoms with Crippen LogP contribution in [0.1, 0.15) is 6.92 Å². The van der Waals surface area contributed by atoms with Crippen LogP contribution < -0.4 is 0 Å². The first-order valence-corrected chi connectivity index (χ1v) is 3.27. The maximum Gasteiger partial charge on any atom is 0.168 e. The van der Waals surface area contributed by atoms with E-state index in [1.165, 1.54) is 13.2 Å². The Morgan fingerprint density at radius 2 is 2.17 bits per heavy atom. The highest BCUT2D eigenvalue weighted by Crippen LogP contribution is 2.02. The van der Waals surface area contributed by atoms with Gasteiger partial charge in [0, 0.05) is 6.08 Å². The highest BCUT2D eigenvalue weighted by Gasteiger charge is 1.95. The summed E-state index contributed by atoms with van der Waals surface area (Å²) in [7, 11) is 1.43. The Morgan fingerprint density at radius 3 is 2.58 bits per heavy atom. The fourth-order valence-electron chi connectivity index (χ4n) is 0.460. The number of ether oxygens (including phenoxy) is 1. The van der Waals surface area contributed by atoms with Crippen LogP contribution in [-0.4, -0.2) is 12.2 Å². The van der Waals surface area contributed by atoms with E-state index in [4.69, 9.17) is 9.84 Å². The molecule has 62 valence electrons. The van der Waals surface area contributed by atoms with Crippen LogP contribution in [0.2, 0.25) is 0 Å². The second kappa shape index (κ2) is 5.95. The zero-order chi connectivity index (χ0) is 9.40. The van der Waals surface area contributed by atoms with Crippen LogP contribution in [0.4, 0.5) is 0 Å². The highest BCUT2D eigenvalue weighted by molar-refractivity contribution is 5.33. The molecule has 0 aliphatic rings. The van der Waals surface area contributed by atoms with Gasteiger partial charge in [-0.1, -0.05) is 18.4 Å². The third-order valence-corrected chi connectivity index (χ3v) is 0.967. The number of hydrogen-bond donors (Lipinski definition) is 1. The summed E-state index contributed by atoms with van der Waals surface area (Å²) in [6.45, 7) is 4.98. The van der Waals surface area contributed by atoms with Gasteiger partial charge in [0.15, 0.2) is 11.5 Å². The molecule has 0 aromatic carbocycles. The molecule has 0 unspecified atom stereocenters. The Bertz CT molecular complexity index is 302. The van der Waals surface area contributed by atoms with Crippen LogP contribution >= 0.6 is 0 Å². The van der Waals surface area contributed by atoms with Gasteiger partial charge in [0.2, 0.25) is 0 Å². The van der Waals surface area contributed by atoms with Gasteiger partial charge in [-0.25, -0.2) is 0 Å². The van der Waals surface area contributed by atoms with E-state index in [2.05, 4.69) is 30.3 Å². The lowest BCUT2D eigenvalue weighted by molar-refractivity contribution is 0.257. The molecule has 2 nitrogen and oxygen atoms in total. The third kappa shape index (κ3) is 4.09. The van der Waals surface area contributed by atoms with Crippen molar-refractivity contribution in [1.29, 1.82) is 0 Å². The summed E-state index contributed by atoms with van der Waals surface area (Å²) in [5, 5.41) is 8.88. The molecule has 12 heavy (non-hydrogen) atoms. The Morgan fingerprint density at radius 1 is 1.50 bits per heavy atom. The summed E-state index contributed by atoms with van der Waals surface area (Å²) in [5.74, 6) is 10.4. The predicted octanol–water partition coefficient (Wildman–Crippen LogP) is 1.62. The molecular weight excluding hydrogens is 152 g/mol. The molecule has 0 saturated heterocycles. The smallest absolute Gasteiger partial charge is 0.168 e. The van der Waals surface area contributed by atoms with E-state index in [-0.39, 0.29) is 11.5 Å². The van der Waals surface area contributed by atoms with E-state index in [1.54, 1.807) is 6.92 Å². The molecule has 0 aliphatic carbocycles. The second-order valence-corrected chi connectivity index (χ2v) is 1.80. The highest BCUT2D eigenvalue weighted by atomic mass is 16.5. The maximum atomic E-state index is 8.88. The van der Waals surface area contributed by atoms with Gasteiger partial charge in [0.1, 0.15) is 0 Å². The Labute approximate surface area is 72.6 Å².